The third-order valence-electron chi connectivity index (χ3n) is 20.1. The first-order chi connectivity index (χ1) is 37.4. The lowest BCUT2D eigenvalue weighted by Gasteiger charge is -2.61. The Morgan fingerprint density at radius 3 is 1.86 bits per heavy atom. The number of aliphatic hydroxyl groups is 4. The Morgan fingerprint density at radius 1 is 0.662 bits per heavy atom. The van der Waals surface area contributed by atoms with E-state index in [0.29, 0.717) is 69.8 Å². The van der Waals surface area contributed by atoms with Crippen molar-refractivity contribution in [3.05, 3.63) is 37.0 Å². The van der Waals surface area contributed by atoms with Crippen molar-refractivity contribution in [2.75, 3.05) is 13.2 Å². The molecular formula is C55H84O23S2. The van der Waals surface area contributed by atoms with Gasteiger partial charge in [-0.3, -0.25) is 9.11 Å². The molecule has 454 valence electrons. The van der Waals surface area contributed by atoms with Gasteiger partial charge in [-0.15, -0.1) is 6.58 Å². The summed E-state index contributed by atoms with van der Waals surface area (Å²) in [4.78, 5) is 0. The van der Waals surface area contributed by atoms with E-state index in [2.05, 4.69) is 38.1 Å². The van der Waals surface area contributed by atoms with Gasteiger partial charge in [-0.1, -0.05) is 31.7 Å². The molecule has 0 amide bonds. The SMILES string of the molecule is C=CCC(O)(/C=C/[C@@](C)(O)[C@H]1O[C@@H]2C[C@@H]3O[C@@H]4C[C@@H]5O[C@@H]6C[C@@H]7O[C@@H]8C[C@@H]9O[C@@H]%10C[C@@H]%11O[C@](C)(CCOS(=O)(=O)O)[C@@H](OS(=O)(=O)O)C[C@H]%11O[C@H]%10C[C@H]9O[C@H]8CC[C@@]7(C)O[C@@]6(C)CC[C@H](C)[C@H]5O[C@H]4[C@@H](O)[C@@]3(C)O[C@H]2CC1=C)CO. The van der Waals surface area contributed by atoms with Gasteiger partial charge in [0.2, 0.25) is 0 Å². The summed E-state index contributed by atoms with van der Waals surface area (Å²) in [6, 6.07) is 0. The van der Waals surface area contributed by atoms with Gasteiger partial charge in [0.15, 0.2) is 0 Å². The van der Waals surface area contributed by atoms with E-state index in [1.165, 1.54) is 25.2 Å². The molecule has 11 saturated heterocycles. The minimum absolute atomic E-state index is 0.00621. The fourth-order valence-electron chi connectivity index (χ4n) is 15.5. The van der Waals surface area contributed by atoms with Gasteiger partial charge < -0.3 is 72.5 Å². The van der Waals surface area contributed by atoms with Gasteiger partial charge in [0.1, 0.15) is 41.2 Å². The van der Waals surface area contributed by atoms with E-state index in [1.54, 1.807) is 6.92 Å². The Hall–Kier alpha value is -1.64. The second kappa shape index (κ2) is 21.6. The minimum atomic E-state index is -4.95. The molecule has 0 aromatic rings. The molecule has 11 heterocycles. The molecule has 0 spiro atoms. The van der Waals surface area contributed by atoms with Gasteiger partial charge >= 0.3 is 20.8 Å². The predicted molar refractivity (Wildman–Crippen MR) is 279 cm³/mol. The van der Waals surface area contributed by atoms with Crippen molar-refractivity contribution >= 4 is 20.8 Å². The van der Waals surface area contributed by atoms with Crippen molar-refractivity contribution in [1.29, 1.82) is 0 Å². The van der Waals surface area contributed by atoms with Crippen LogP contribution in [0.1, 0.15) is 131 Å². The summed E-state index contributed by atoms with van der Waals surface area (Å²) in [5.74, 6) is 0.0398. The van der Waals surface area contributed by atoms with Crippen LogP contribution >= 0.6 is 0 Å². The van der Waals surface area contributed by atoms with Gasteiger partial charge in [-0.2, -0.15) is 16.8 Å². The Bertz CT molecular complexity index is 2570. The highest BCUT2D eigenvalue weighted by Crippen LogP contribution is 2.54. The van der Waals surface area contributed by atoms with Crippen LogP contribution in [-0.4, -0.2) is 215 Å². The topological polar surface area (TPSA) is 310 Å². The average molecular weight is 1180 g/mol. The molecule has 11 rings (SSSR count). The molecule has 6 N–H and O–H groups in total. The highest BCUT2D eigenvalue weighted by atomic mass is 32.3. The summed E-state index contributed by atoms with van der Waals surface area (Å²) in [6.07, 6.45) is -0.846. The zero-order chi connectivity index (χ0) is 57.3. The maximum atomic E-state index is 12.3. The third kappa shape index (κ3) is 11.6. The highest BCUT2D eigenvalue weighted by molar-refractivity contribution is 7.81. The molecule has 1 unspecified atom stereocenters. The number of hydrogen-bond donors (Lipinski definition) is 6. The zero-order valence-electron chi connectivity index (χ0n) is 46.5. The molecule has 25 heteroatoms. The van der Waals surface area contributed by atoms with Crippen LogP contribution in [0.4, 0.5) is 0 Å². The van der Waals surface area contributed by atoms with Crippen LogP contribution < -0.4 is 0 Å². The number of ether oxygens (including phenoxy) is 11. The van der Waals surface area contributed by atoms with Gasteiger partial charge in [0.25, 0.3) is 0 Å². The first-order valence-corrected chi connectivity index (χ1v) is 31.4. The smallest absolute Gasteiger partial charge is 0.393 e. The van der Waals surface area contributed by atoms with Crippen LogP contribution in [0, 0.1) is 5.92 Å². The molecule has 11 aliphatic rings. The summed E-state index contributed by atoms with van der Waals surface area (Å²) in [5.41, 5.74) is -6.58. The van der Waals surface area contributed by atoms with E-state index in [0.717, 1.165) is 6.42 Å². The van der Waals surface area contributed by atoms with Crippen LogP contribution in [0.2, 0.25) is 0 Å². The second-order valence-electron chi connectivity index (χ2n) is 26.1. The Morgan fingerprint density at radius 2 is 1.23 bits per heavy atom. The molecule has 11 fully saturated rings. The van der Waals surface area contributed by atoms with Crippen LogP contribution in [-0.2, 0) is 81.3 Å². The van der Waals surface area contributed by atoms with Gasteiger partial charge in [-0.05, 0) is 84.6 Å². The van der Waals surface area contributed by atoms with Crippen LogP contribution in [0.25, 0.3) is 0 Å². The molecule has 11 aliphatic heterocycles. The molecule has 0 aromatic heterocycles. The summed E-state index contributed by atoms with van der Waals surface area (Å²) in [5, 5.41) is 44.7. The quantitative estimate of drug-likeness (QED) is 0.121. The predicted octanol–water partition coefficient (Wildman–Crippen LogP) is 3.23. The monoisotopic (exact) mass is 1180 g/mol. The Balaban J connectivity index is 0.748. The zero-order valence-corrected chi connectivity index (χ0v) is 48.2. The first kappa shape index (κ1) is 60.1. The van der Waals surface area contributed by atoms with Crippen molar-refractivity contribution in [2.24, 2.45) is 5.92 Å². The number of fused-ring (bicyclic) bond motifs is 10. The molecule has 0 bridgehead atoms. The van der Waals surface area contributed by atoms with Gasteiger partial charge in [-0.25, -0.2) is 8.37 Å². The minimum Gasteiger partial charge on any atom is -0.393 e. The van der Waals surface area contributed by atoms with Crippen molar-refractivity contribution in [1.82, 2.24) is 0 Å². The number of aliphatic hydroxyl groups excluding tert-OH is 2. The Kier molecular flexibility index (Phi) is 16.3. The van der Waals surface area contributed by atoms with E-state index >= 15 is 0 Å². The fourth-order valence-corrected chi connectivity index (χ4v) is 16.4. The summed E-state index contributed by atoms with van der Waals surface area (Å²) in [7, 11) is -9.75. The van der Waals surface area contributed by atoms with E-state index in [4.69, 9.17) is 60.8 Å². The molecule has 23 nitrogen and oxygen atoms in total. The summed E-state index contributed by atoms with van der Waals surface area (Å²) >= 11 is 0. The number of hydrogen-bond acceptors (Lipinski definition) is 21. The number of rotatable bonds is 12. The largest absolute Gasteiger partial charge is 0.397 e. The highest BCUT2D eigenvalue weighted by Gasteiger charge is 2.65. The average Bonchev–Trinajstić information content (AvgIpc) is 3.50. The molecule has 0 aliphatic carbocycles. The van der Waals surface area contributed by atoms with Crippen molar-refractivity contribution in [3.63, 3.8) is 0 Å². The molecule has 0 aromatic carbocycles. The normalized spacial score (nSPS) is 50.9. The standard InChI is InChI=1S/C55H84O23S2/c1-9-12-55(59,27-56)16-15-50(4,58)49-29(3)19-38-37(73-49)25-45-54(8,76-38)48(57)47-41(72-45)23-40-46(74-47)28(2)10-13-52(6)43(71-40)26-42-53(7,78-52)14-11-30-31(70-42)20-33-32(67-30)21-34-35(68-33)22-39-36(69-34)24-44(77-80(63,64)65)51(5,75-39)17-18-66-79(60,61)62/h9,15-16,28,30-49,56-59H,1,3,10-14,17-27H2,2,4-8H3,(H,60,61,62)(H,63,64,65)/b16-15+/t28-,30-,31+,32+,33-,34-,35+,36+,37+,38-,39-,40-,41+,42-,43+,44-,45-,46+,47+,48+,49-,50+,51+,52-,53+,54-,55?/m0/s1. The van der Waals surface area contributed by atoms with Crippen molar-refractivity contribution in [3.8, 4) is 0 Å². The molecule has 0 radical (unpaired) electrons. The fraction of sp³-hybridized carbons (Fsp3) is 0.891. The van der Waals surface area contributed by atoms with E-state index < -0.39 is 147 Å². The van der Waals surface area contributed by atoms with Crippen molar-refractivity contribution in [2.45, 2.75) is 287 Å². The van der Waals surface area contributed by atoms with Crippen LogP contribution in [0.3, 0.4) is 0 Å². The van der Waals surface area contributed by atoms with E-state index in [9.17, 15) is 41.8 Å². The summed E-state index contributed by atoms with van der Waals surface area (Å²) in [6.45, 7) is 18.2. The maximum absolute atomic E-state index is 12.3. The maximum Gasteiger partial charge on any atom is 0.397 e. The third-order valence-corrected chi connectivity index (χ3v) is 21.0. The molecule has 0 saturated carbocycles. The van der Waals surface area contributed by atoms with E-state index in [-0.39, 0.29) is 67.9 Å². The lowest BCUT2D eigenvalue weighted by molar-refractivity contribution is -0.369. The van der Waals surface area contributed by atoms with Gasteiger partial charge in [0.05, 0.1) is 128 Å². The molecule has 27 atom stereocenters. The lowest BCUT2D eigenvalue weighted by Crippen LogP contribution is -2.74. The second-order valence-corrected chi connectivity index (χ2v) is 28.3. The Labute approximate surface area is 469 Å². The molecule has 80 heavy (non-hydrogen) atoms. The lowest BCUT2D eigenvalue weighted by atomic mass is 9.73. The van der Waals surface area contributed by atoms with Gasteiger partial charge in [0, 0.05) is 51.4 Å². The first-order valence-electron chi connectivity index (χ1n) is 28.7. The summed E-state index contributed by atoms with van der Waals surface area (Å²) < 4.78 is 151. The van der Waals surface area contributed by atoms with E-state index in [1.807, 2.05) is 6.92 Å². The molecular weight excluding hydrogens is 1090 g/mol. The van der Waals surface area contributed by atoms with Crippen LogP contribution in [0.15, 0.2) is 37.0 Å². The van der Waals surface area contributed by atoms with Crippen molar-refractivity contribution < 1.29 is 107 Å². The van der Waals surface area contributed by atoms with Crippen LogP contribution in [0.5, 0.6) is 0 Å².